The summed E-state index contributed by atoms with van der Waals surface area (Å²) >= 11 is 5.94. The molecule has 1 aliphatic rings. The highest BCUT2D eigenvalue weighted by atomic mass is 35.5. The van der Waals surface area contributed by atoms with Gasteiger partial charge in [0.05, 0.1) is 5.69 Å². The molecule has 0 bridgehead atoms. The van der Waals surface area contributed by atoms with E-state index in [4.69, 9.17) is 11.6 Å². The van der Waals surface area contributed by atoms with Gasteiger partial charge in [0, 0.05) is 30.7 Å². The van der Waals surface area contributed by atoms with Gasteiger partial charge in [0.25, 0.3) is 5.91 Å². The van der Waals surface area contributed by atoms with E-state index in [9.17, 15) is 4.79 Å². The van der Waals surface area contributed by atoms with E-state index in [0.29, 0.717) is 10.8 Å². The summed E-state index contributed by atoms with van der Waals surface area (Å²) in [7, 11) is 0. The second-order valence-electron chi connectivity index (χ2n) is 7.05. The number of hydrogen-bond acceptors (Lipinski definition) is 4. The zero-order valence-corrected chi connectivity index (χ0v) is 16.4. The lowest BCUT2D eigenvalue weighted by molar-refractivity contribution is 0.0927. The van der Waals surface area contributed by atoms with Gasteiger partial charge in [-0.3, -0.25) is 9.69 Å². The molecule has 0 saturated carbocycles. The molecule has 144 valence electrons. The highest BCUT2D eigenvalue weighted by Gasteiger charge is 2.26. The maximum atomic E-state index is 12.6. The Balaban J connectivity index is 1.38. The minimum atomic E-state index is -0.234. The number of halogens is 1. The lowest BCUT2D eigenvalue weighted by atomic mass is 10.2. The van der Waals surface area contributed by atoms with Gasteiger partial charge in [0.1, 0.15) is 5.82 Å². The average Bonchev–Trinajstić information content (AvgIpc) is 3.30. The van der Waals surface area contributed by atoms with Crippen molar-refractivity contribution in [1.82, 2.24) is 25.0 Å². The summed E-state index contributed by atoms with van der Waals surface area (Å²) in [5.74, 6) is 0.612. The third-order valence-electron chi connectivity index (χ3n) is 4.90. The lowest BCUT2D eigenvalue weighted by Crippen LogP contribution is -2.37. The summed E-state index contributed by atoms with van der Waals surface area (Å²) in [5.41, 5.74) is 2.11. The second-order valence-corrected chi connectivity index (χ2v) is 7.49. The van der Waals surface area contributed by atoms with Crippen molar-refractivity contribution >= 4 is 17.5 Å². The van der Waals surface area contributed by atoms with Gasteiger partial charge in [-0.15, -0.1) is 5.10 Å². The van der Waals surface area contributed by atoms with Crippen molar-refractivity contribution in [3.05, 3.63) is 76.8 Å². The van der Waals surface area contributed by atoms with Crippen LogP contribution in [0.3, 0.4) is 0 Å². The molecule has 0 spiro atoms. The molecule has 1 fully saturated rings. The molecular weight excluding hydrogens is 374 g/mol. The first-order valence-electron chi connectivity index (χ1n) is 9.35. The number of amides is 1. The third kappa shape index (κ3) is 4.24. The second kappa shape index (κ2) is 8.12. The molecular formula is C21H22ClN5O. The largest absolute Gasteiger partial charge is 0.345 e. The smallest absolute Gasteiger partial charge is 0.291 e. The molecule has 1 aliphatic heterocycles. The summed E-state index contributed by atoms with van der Waals surface area (Å²) in [4.78, 5) is 19.3. The first-order chi connectivity index (χ1) is 13.6. The van der Waals surface area contributed by atoms with Crippen LogP contribution in [0, 0.1) is 6.92 Å². The number of carbonyl (C=O) groups is 1. The highest BCUT2D eigenvalue weighted by molar-refractivity contribution is 6.30. The molecule has 1 amide bonds. The van der Waals surface area contributed by atoms with Crippen LogP contribution in [-0.2, 0) is 6.54 Å². The predicted molar refractivity (Wildman–Crippen MR) is 109 cm³/mol. The van der Waals surface area contributed by atoms with Gasteiger partial charge < -0.3 is 5.32 Å². The molecule has 28 heavy (non-hydrogen) atoms. The minimum absolute atomic E-state index is 0.110. The number of nitrogens with zero attached hydrogens (tertiary/aromatic N) is 4. The Morgan fingerprint density at radius 2 is 1.93 bits per heavy atom. The Bertz CT molecular complexity index is 955. The summed E-state index contributed by atoms with van der Waals surface area (Å²) in [5, 5.41) is 8.10. The highest BCUT2D eigenvalue weighted by Crippen LogP contribution is 2.16. The van der Waals surface area contributed by atoms with E-state index in [1.54, 1.807) is 16.8 Å². The van der Waals surface area contributed by atoms with Gasteiger partial charge >= 0.3 is 0 Å². The van der Waals surface area contributed by atoms with Gasteiger partial charge in [0.15, 0.2) is 0 Å². The first-order valence-corrected chi connectivity index (χ1v) is 9.73. The van der Waals surface area contributed by atoms with Gasteiger partial charge in [-0.05, 0) is 43.2 Å². The standard InChI is InChI=1S/C21H22ClN5O/c1-15-23-20(25-27(15)19-9-7-17(22)8-10-19)21(28)24-18-11-12-26(14-18)13-16-5-3-2-4-6-16/h2-10,18H,11-14H2,1H3,(H,24,28)/t18-/m0/s1. The van der Waals surface area contributed by atoms with Crippen molar-refractivity contribution in [2.75, 3.05) is 13.1 Å². The normalized spacial score (nSPS) is 17.0. The summed E-state index contributed by atoms with van der Waals surface area (Å²) < 4.78 is 1.65. The van der Waals surface area contributed by atoms with Crippen molar-refractivity contribution in [2.45, 2.75) is 25.9 Å². The number of benzene rings is 2. The number of rotatable bonds is 5. The fourth-order valence-electron chi connectivity index (χ4n) is 3.50. The summed E-state index contributed by atoms with van der Waals surface area (Å²) in [6.45, 7) is 4.52. The molecule has 1 aromatic heterocycles. The van der Waals surface area contributed by atoms with Gasteiger partial charge in [-0.1, -0.05) is 41.9 Å². The molecule has 7 heteroatoms. The Morgan fingerprint density at radius 3 is 2.68 bits per heavy atom. The molecule has 6 nitrogen and oxygen atoms in total. The topological polar surface area (TPSA) is 63.1 Å². The number of nitrogens with one attached hydrogen (secondary N) is 1. The molecule has 0 aliphatic carbocycles. The molecule has 0 radical (unpaired) electrons. The van der Waals surface area contributed by atoms with Crippen molar-refractivity contribution in [3.8, 4) is 5.69 Å². The van der Waals surface area contributed by atoms with Crippen LogP contribution >= 0.6 is 11.6 Å². The van der Waals surface area contributed by atoms with Crippen molar-refractivity contribution in [3.63, 3.8) is 0 Å². The third-order valence-corrected chi connectivity index (χ3v) is 5.15. The molecule has 2 heterocycles. The van der Waals surface area contributed by atoms with Gasteiger partial charge in [-0.2, -0.15) is 0 Å². The van der Waals surface area contributed by atoms with Gasteiger partial charge in [-0.25, -0.2) is 9.67 Å². The quantitative estimate of drug-likeness (QED) is 0.720. The maximum absolute atomic E-state index is 12.6. The van der Waals surface area contributed by atoms with Crippen LogP contribution in [0.15, 0.2) is 54.6 Å². The van der Waals surface area contributed by atoms with Crippen LogP contribution in [0.5, 0.6) is 0 Å². The number of aromatic nitrogens is 3. The van der Waals surface area contributed by atoms with E-state index in [2.05, 4.69) is 44.6 Å². The van der Waals surface area contributed by atoms with E-state index < -0.39 is 0 Å². The lowest BCUT2D eigenvalue weighted by Gasteiger charge is -2.16. The number of aryl methyl sites for hydroxylation is 1. The molecule has 2 aromatic carbocycles. The van der Waals surface area contributed by atoms with Crippen molar-refractivity contribution < 1.29 is 4.79 Å². The van der Waals surface area contributed by atoms with E-state index in [0.717, 1.165) is 31.7 Å². The van der Waals surface area contributed by atoms with Crippen LogP contribution in [0.1, 0.15) is 28.4 Å². The molecule has 1 saturated heterocycles. The van der Waals surface area contributed by atoms with E-state index in [1.165, 1.54) is 5.56 Å². The number of likely N-dealkylation sites (tertiary alicyclic amines) is 1. The monoisotopic (exact) mass is 395 g/mol. The van der Waals surface area contributed by atoms with E-state index in [1.807, 2.05) is 25.1 Å². The predicted octanol–water partition coefficient (Wildman–Crippen LogP) is 3.23. The van der Waals surface area contributed by atoms with E-state index in [-0.39, 0.29) is 17.8 Å². The minimum Gasteiger partial charge on any atom is -0.345 e. The molecule has 4 rings (SSSR count). The van der Waals surface area contributed by atoms with Crippen LogP contribution in [-0.4, -0.2) is 44.7 Å². The fraction of sp³-hybridized carbons (Fsp3) is 0.286. The molecule has 3 aromatic rings. The summed E-state index contributed by atoms with van der Waals surface area (Å²) in [6.07, 6.45) is 0.926. The van der Waals surface area contributed by atoms with Crippen molar-refractivity contribution in [2.24, 2.45) is 0 Å². The first kappa shape index (κ1) is 18.7. The fourth-order valence-corrected chi connectivity index (χ4v) is 3.62. The van der Waals surface area contributed by atoms with Gasteiger partial charge in [0.2, 0.25) is 5.82 Å². The zero-order chi connectivity index (χ0) is 19.5. The van der Waals surface area contributed by atoms with E-state index >= 15 is 0 Å². The van der Waals surface area contributed by atoms with Crippen LogP contribution in [0.2, 0.25) is 5.02 Å². The van der Waals surface area contributed by atoms with Crippen LogP contribution in [0.4, 0.5) is 0 Å². The Hall–Kier alpha value is -2.70. The Labute approximate surface area is 169 Å². The molecule has 0 unspecified atom stereocenters. The zero-order valence-electron chi connectivity index (χ0n) is 15.7. The molecule has 1 N–H and O–H groups in total. The SMILES string of the molecule is Cc1nc(C(=O)N[C@H]2CCN(Cc3ccccc3)C2)nn1-c1ccc(Cl)cc1. The van der Waals surface area contributed by atoms with Crippen LogP contribution < -0.4 is 5.32 Å². The number of carbonyl (C=O) groups excluding carboxylic acids is 1. The Kier molecular flexibility index (Phi) is 5.41. The Morgan fingerprint density at radius 1 is 1.18 bits per heavy atom. The van der Waals surface area contributed by atoms with Crippen LogP contribution in [0.25, 0.3) is 5.69 Å². The molecule has 1 atom stereocenters. The van der Waals surface area contributed by atoms with Crippen molar-refractivity contribution in [1.29, 1.82) is 0 Å². The average molecular weight is 396 g/mol. The number of hydrogen-bond donors (Lipinski definition) is 1. The summed E-state index contributed by atoms with van der Waals surface area (Å²) in [6, 6.07) is 17.8. The maximum Gasteiger partial charge on any atom is 0.291 e.